The van der Waals surface area contributed by atoms with E-state index < -0.39 is 6.04 Å². The van der Waals surface area contributed by atoms with E-state index in [4.69, 9.17) is 5.73 Å². The third-order valence-corrected chi connectivity index (χ3v) is 2.94. The van der Waals surface area contributed by atoms with Gasteiger partial charge in [-0.05, 0) is 19.9 Å². The van der Waals surface area contributed by atoms with Gasteiger partial charge in [0.15, 0.2) is 0 Å². The zero-order valence-electron chi connectivity index (χ0n) is 9.03. The molecule has 1 rings (SSSR count). The summed E-state index contributed by atoms with van der Waals surface area (Å²) in [7, 11) is 3.40. The van der Waals surface area contributed by atoms with Crippen LogP contribution < -0.4 is 5.73 Å². The van der Waals surface area contributed by atoms with E-state index in [9.17, 15) is 4.79 Å². The van der Waals surface area contributed by atoms with Crippen molar-refractivity contribution >= 4 is 5.97 Å². The molecule has 0 heterocycles. The van der Waals surface area contributed by atoms with Gasteiger partial charge in [-0.15, -0.1) is 0 Å². The first kappa shape index (κ1) is 11.5. The second-order valence-corrected chi connectivity index (χ2v) is 4.01. The van der Waals surface area contributed by atoms with Crippen LogP contribution in [0.25, 0.3) is 0 Å². The Morgan fingerprint density at radius 1 is 1.57 bits per heavy atom. The van der Waals surface area contributed by atoms with Gasteiger partial charge in [-0.25, -0.2) is 0 Å². The zero-order valence-corrected chi connectivity index (χ0v) is 9.03. The Hall–Kier alpha value is -0.610. The third kappa shape index (κ3) is 2.96. The molecule has 0 aromatic heterocycles. The predicted octanol–water partition coefficient (Wildman–Crippen LogP) is 0.361. The number of rotatable bonds is 4. The Balaban J connectivity index is 2.31. The quantitative estimate of drug-likeness (QED) is 0.666. The highest BCUT2D eigenvalue weighted by Gasteiger charge is 2.23. The van der Waals surface area contributed by atoms with Crippen LogP contribution in [0.4, 0.5) is 0 Å². The molecule has 1 fully saturated rings. The SMILES string of the molecule is COC(=O)C(N)CN(C)C1CCCC1. The molecule has 0 bridgehead atoms. The molecule has 0 amide bonds. The van der Waals surface area contributed by atoms with E-state index in [1.54, 1.807) is 0 Å². The molecular formula is C10H20N2O2. The van der Waals surface area contributed by atoms with E-state index in [1.807, 2.05) is 7.05 Å². The lowest BCUT2D eigenvalue weighted by Gasteiger charge is -2.25. The van der Waals surface area contributed by atoms with E-state index in [1.165, 1.54) is 32.8 Å². The van der Waals surface area contributed by atoms with Crippen molar-refractivity contribution in [3.8, 4) is 0 Å². The molecular weight excluding hydrogens is 180 g/mol. The Kier molecular flexibility index (Phi) is 4.35. The van der Waals surface area contributed by atoms with Gasteiger partial charge in [0.2, 0.25) is 0 Å². The maximum Gasteiger partial charge on any atom is 0.323 e. The van der Waals surface area contributed by atoms with Crippen LogP contribution in [0.2, 0.25) is 0 Å². The maximum absolute atomic E-state index is 11.1. The van der Waals surface area contributed by atoms with Gasteiger partial charge >= 0.3 is 5.97 Å². The number of nitrogens with two attached hydrogens (primary N) is 1. The summed E-state index contributed by atoms with van der Waals surface area (Å²) in [6.45, 7) is 0.595. The number of likely N-dealkylation sites (N-methyl/N-ethyl adjacent to an activating group) is 1. The van der Waals surface area contributed by atoms with Crippen LogP contribution in [0.5, 0.6) is 0 Å². The normalized spacial score (nSPS) is 20.0. The summed E-state index contributed by atoms with van der Waals surface area (Å²) in [6.07, 6.45) is 5.04. The van der Waals surface area contributed by atoms with Gasteiger partial charge < -0.3 is 15.4 Å². The molecule has 0 aromatic carbocycles. The van der Waals surface area contributed by atoms with Crippen LogP contribution in [0.15, 0.2) is 0 Å². The fraction of sp³-hybridized carbons (Fsp3) is 0.900. The number of methoxy groups -OCH3 is 1. The lowest BCUT2D eigenvalue weighted by Crippen LogP contribution is -2.44. The lowest BCUT2D eigenvalue weighted by atomic mass is 10.2. The Bertz CT molecular complexity index is 191. The summed E-state index contributed by atoms with van der Waals surface area (Å²) in [5, 5.41) is 0. The van der Waals surface area contributed by atoms with Gasteiger partial charge in [0.25, 0.3) is 0 Å². The summed E-state index contributed by atoms with van der Waals surface area (Å²) in [4.78, 5) is 13.3. The fourth-order valence-corrected chi connectivity index (χ4v) is 2.03. The smallest absolute Gasteiger partial charge is 0.323 e. The second kappa shape index (κ2) is 5.32. The minimum absolute atomic E-state index is 0.324. The number of carbonyl (C=O) groups excluding carboxylic acids is 1. The first-order valence-corrected chi connectivity index (χ1v) is 5.18. The van der Waals surface area contributed by atoms with Crippen molar-refractivity contribution < 1.29 is 9.53 Å². The summed E-state index contributed by atoms with van der Waals surface area (Å²) in [6, 6.07) is 0.0938. The first-order chi connectivity index (χ1) is 6.65. The van der Waals surface area contributed by atoms with Crippen LogP contribution in [0, 0.1) is 0 Å². The minimum Gasteiger partial charge on any atom is -0.468 e. The maximum atomic E-state index is 11.1. The van der Waals surface area contributed by atoms with Gasteiger partial charge in [0, 0.05) is 12.6 Å². The summed E-state index contributed by atoms with van der Waals surface area (Å²) < 4.78 is 4.58. The molecule has 1 aliphatic rings. The highest BCUT2D eigenvalue weighted by molar-refractivity contribution is 5.75. The molecule has 0 aliphatic heterocycles. The fourth-order valence-electron chi connectivity index (χ4n) is 2.03. The number of hydrogen-bond donors (Lipinski definition) is 1. The molecule has 4 nitrogen and oxygen atoms in total. The molecule has 2 N–H and O–H groups in total. The van der Waals surface area contributed by atoms with Gasteiger partial charge in [-0.2, -0.15) is 0 Å². The highest BCUT2D eigenvalue weighted by Crippen LogP contribution is 2.22. The minimum atomic E-state index is -0.509. The van der Waals surface area contributed by atoms with E-state index in [0.717, 1.165) is 0 Å². The van der Waals surface area contributed by atoms with Crippen molar-refractivity contribution in [2.45, 2.75) is 37.8 Å². The van der Waals surface area contributed by atoms with Crippen LogP contribution in [-0.4, -0.2) is 43.7 Å². The zero-order chi connectivity index (χ0) is 10.6. The van der Waals surface area contributed by atoms with E-state index in [0.29, 0.717) is 12.6 Å². The van der Waals surface area contributed by atoms with Gasteiger partial charge in [-0.3, -0.25) is 4.79 Å². The lowest BCUT2D eigenvalue weighted by molar-refractivity contribution is -0.142. The standard InChI is InChI=1S/C10H20N2O2/c1-12(8-5-3-4-6-8)7-9(11)10(13)14-2/h8-9H,3-7,11H2,1-2H3. The summed E-state index contributed by atoms with van der Waals surface area (Å²) in [5.41, 5.74) is 5.68. The number of nitrogens with zero attached hydrogens (tertiary/aromatic N) is 1. The molecule has 0 spiro atoms. The molecule has 0 radical (unpaired) electrons. The number of hydrogen-bond acceptors (Lipinski definition) is 4. The van der Waals surface area contributed by atoms with Crippen LogP contribution in [0.3, 0.4) is 0 Å². The molecule has 0 aromatic rings. The van der Waals surface area contributed by atoms with Crippen LogP contribution in [-0.2, 0) is 9.53 Å². The topological polar surface area (TPSA) is 55.6 Å². The van der Waals surface area contributed by atoms with Gasteiger partial charge in [0.1, 0.15) is 6.04 Å². The number of esters is 1. The number of ether oxygens (including phenoxy) is 1. The second-order valence-electron chi connectivity index (χ2n) is 4.01. The van der Waals surface area contributed by atoms with Crippen molar-refractivity contribution in [3.63, 3.8) is 0 Å². The average Bonchev–Trinajstić information content (AvgIpc) is 2.69. The Morgan fingerprint density at radius 3 is 2.64 bits per heavy atom. The van der Waals surface area contributed by atoms with Gasteiger partial charge in [0.05, 0.1) is 7.11 Å². The Labute approximate surface area is 85.4 Å². The molecule has 1 unspecified atom stereocenters. The predicted molar refractivity (Wildman–Crippen MR) is 54.9 cm³/mol. The third-order valence-electron chi connectivity index (χ3n) is 2.94. The first-order valence-electron chi connectivity index (χ1n) is 5.18. The van der Waals surface area contributed by atoms with Gasteiger partial charge in [-0.1, -0.05) is 12.8 Å². The van der Waals surface area contributed by atoms with Crippen molar-refractivity contribution in [2.75, 3.05) is 20.7 Å². The van der Waals surface area contributed by atoms with E-state index in [2.05, 4.69) is 9.64 Å². The summed E-state index contributed by atoms with van der Waals surface area (Å²) >= 11 is 0. The van der Waals surface area contributed by atoms with Crippen molar-refractivity contribution in [3.05, 3.63) is 0 Å². The van der Waals surface area contributed by atoms with Crippen molar-refractivity contribution in [1.82, 2.24) is 4.90 Å². The van der Waals surface area contributed by atoms with Crippen molar-refractivity contribution in [2.24, 2.45) is 5.73 Å². The highest BCUT2D eigenvalue weighted by atomic mass is 16.5. The molecule has 82 valence electrons. The molecule has 1 atom stereocenters. The van der Waals surface area contributed by atoms with Crippen LogP contribution >= 0.6 is 0 Å². The molecule has 14 heavy (non-hydrogen) atoms. The van der Waals surface area contributed by atoms with E-state index >= 15 is 0 Å². The Morgan fingerprint density at radius 2 is 2.14 bits per heavy atom. The monoisotopic (exact) mass is 200 g/mol. The van der Waals surface area contributed by atoms with Crippen molar-refractivity contribution in [1.29, 1.82) is 0 Å². The summed E-state index contributed by atoms with van der Waals surface area (Å²) in [5.74, 6) is -0.324. The average molecular weight is 200 g/mol. The molecule has 0 saturated heterocycles. The van der Waals surface area contributed by atoms with Crippen LogP contribution in [0.1, 0.15) is 25.7 Å². The largest absolute Gasteiger partial charge is 0.468 e. The molecule has 1 aliphatic carbocycles. The molecule has 4 heteroatoms. The van der Waals surface area contributed by atoms with E-state index in [-0.39, 0.29) is 5.97 Å². The molecule has 1 saturated carbocycles. The number of carbonyl (C=O) groups is 1.